The van der Waals surface area contributed by atoms with E-state index in [1.54, 1.807) is 31.6 Å². The topological polar surface area (TPSA) is 80.7 Å². The molecule has 1 N–H and O–H groups in total. The van der Waals surface area contributed by atoms with Gasteiger partial charge in [0.1, 0.15) is 4.88 Å². The van der Waals surface area contributed by atoms with E-state index >= 15 is 0 Å². The first-order valence-electron chi connectivity index (χ1n) is 8.75. The van der Waals surface area contributed by atoms with Crippen molar-refractivity contribution in [3.63, 3.8) is 0 Å². The van der Waals surface area contributed by atoms with Crippen LogP contribution in [0, 0.1) is 13.8 Å². The molecule has 29 heavy (non-hydrogen) atoms. The van der Waals surface area contributed by atoms with E-state index in [0.717, 1.165) is 21.0 Å². The number of anilines is 1. The molecule has 0 radical (unpaired) electrons. The molecule has 3 aromatic heterocycles. The van der Waals surface area contributed by atoms with Crippen LogP contribution in [0.15, 0.2) is 42.9 Å². The van der Waals surface area contributed by atoms with Crippen molar-refractivity contribution >= 4 is 45.3 Å². The molecule has 0 saturated carbocycles. The summed E-state index contributed by atoms with van der Waals surface area (Å²) in [5, 5.41) is 4.78. The predicted molar refractivity (Wildman–Crippen MR) is 117 cm³/mol. The van der Waals surface area contributed by atoms with Crippen LogP contribution in [0.5, 0.6) is 0 Å². The summed E-state index contributed by atoms with van der Waals surface area (Å²) < 4.78 is 0. The molecule has 0 saturated heterocycles. The number of aryl methyl sites for hydroxylation is 2. The Labute approximate surface area is 180 Å². The SMILES string of the molecule is Cc1ccc(Cc2cnc(NC(=O)c3sc(-c4ncccn4)nc3C)s2)cc1Cl. The van der Waals surface area contributed by atoms with Gasteiger partial charge in [-0.1, -0.05) is 23.7 Å². The summed E-state index contributed by atoms with van der Waals surface area (Å²) in [6.45, 7) is 3.77. The second-order valence-corrected chi connectivity index (χ2v) is 8.87. The number of halogens is 1. The van der Waals surface area contributed by atoms with Gasteiger partial charge >= 0.3 is 0 Å². The lowest BCUT2D eigenvalue weighted by Gasteiger charge is -2.02. The second-order valence-electron chi connectivity index (χ2n) is 6.35. The molecule has 0 aliphatic carbocycles. The van der Waals surface area contributed by atoms with Crippen molar-refractivity contribution < 1.29 is 4.79 Å². The molecule has 0 bridgehead atoms. The summed E-state index contributed by atoms with van der Waals surface area (Å²) >= 11 is 8.91. The number of thiazole rings is 2. The Kier molecular flexibility index (Phi) is 5.66. The minimum atomic E-state index is -0.235. The zero-order valence-corrected chi connectivity index (χ0v) is 18.0. The highest BCUT2D eigenvalue weighted by Gasteiger charge is 2.18. The number of nitrogens with one attached hydrogen (secondary N) is 1. The molecule has 0 spiro atoms. The quantitative estimate of drug-likeness (QED) is 0.462. The summed E-state index contributed by atoms with van der Waals surface area (Å²) in [5.41, 5.74) is 2.79. The number of carbonyl (C=O) groups is 1. The van der Waals surface area contributed by atoms with Crippen LogP contribution in [0.3, 0.4) is 0 Å². The fraction of sp³-hybridized carbons (Fsp3) is 0.150. The summed E-state index contributed by atoms with van der Waals surface area (Å²) in [6.07, 6.45) is 5.79. The first-order valence-corrected chi connectivity index (χ1v) is 10.8. The highest BCUT2D eigenvalue weighted by Crippen LogP contribution is 2.28. The molecule has 0 aliphatic rings. The Balaban J connectivity index is 1.47. The number of benzene rings is 1. The van der Waals surface area contributed by atoms with Gasteiger partial charge in [0.05, 0.1) is 5.69 Å². The van der Waals surface area contributed by atoms with Crippen LogP contribution in [0.1, 0.15) is 31.4 Å². The Hall–Kier alpha value is -2.68. The molecule has 4 aromatic rings. The van der Waals surface area contributed by atoms with Crippen molar-refractivity contribution in [2.45, 2.75) is 20.3 Å². The van der Waals surface area contributed by atoms with Gasteiger partial charge in [0.2, 0.25) is 0 Å². The summed E-state index contributed by atoms with van der Waals surface area (Å²) in [4.78, 5) is 31.4. The first kappa shape index (κ1) is 19.6. The van der Waals surface area contributed by atoms with E-state index in [1.165, 1.54) is 22.7 Å². The fourth-order valence-electron chi connectivity index (χ4n) is 2.66. The minimum Gasteiger partial charge on any atom is -0.297 e. The highest BCUT2D eigenvalue weighted by molar-refractivity contribution is 7.17. The molecule has 0 aliphatic heterocycles. The largest absolute Gasteiger partial charge is 0.297 e. The van der Waals surface area contributed by atoms with E-state index in [1.807, 2.05) is 25.1 Å². The molecule has 4 rings (SSSR count). The number of carbonyl (C=O) groups excluding carboxylic acids is 1. The molecule has 146 valence electrons. The number of rotatable bonds is 5. The summed E-state index contributed by atoms with van der Waals surface area (Å²) in [5.74, 6) is 0.273. The standard InChI is InChI=1S/C20H16ClN5OS2/c1-11-4-5-13(9-15(11)21)8-14-10-24-20(28-14)26-18(27)16-12(2)25-19(29-16)17-22-6-3-7-23-17/h3-7,9-10H,8H2,1-2H3,(H,24,26,27). The maximum atomic E-state index is 12.7. The smallest absolute Gasteiger partial charge is 0.269 e. The van der Waals surface area contributed by atoms with Crippen LogP contribution in [-0.4, -0.2) is 25.8 Å². The van der Waals surface area contributed by atoms with E-state index in [-0.39, 0.29) is 5.91 Å². The zero-order valence-electron chi connectivity index (χ0n) is 15.6. The third kappa shape index (κ3) is 4.50. The highest BCUT2D eigenvalue weighted by atomic mass is 35.5. The van der Waals surface area contributed by atoms with Gasteiger partial charge in [-0.2, -0.15) is 0 Å². The monoisotopic (exact) mass is 441 g/mol. The van der Waals surface area contributed by atoms with Crippen LogP contribution >= 0.6 is 34.3 Å². The second kappa shape index (κ2) is 8.36. The lowest BCUT2D eigenvalue weighted by Crippen LogP contribution is -2.11. The number of hydrogen-bond donors (Lipinski definition) is 1. The predicted octanol–water partition coefficient (Wildman–Crippen LogP) is 5.17. The molecule has 0 fully saturated rings. The third-order valence-corrected chi connectivity index (χ3v) is 6.62. The number of hydrogen-bond acceptors (Lipinski definition) is 7. The van der Waals surface area contributed by atoms with Crippen LogP contribution in [0.4, 0.5) is 5.13 Å². The summed E-state index contributed by atoms with van der Waals surface area (Å²) in [7, 11) is 0. The van der Waals surface area contributed by atoms with Crippen LogP contribution in [-0.2, 0) is 6.42 Å². The normalized spacial score (nSPS) is 10.9. The Morgan fingerprint density at radius 1 is 1.14 bits per heavy atom. The molecule has 6 nitrogen and oxygen atoms in total. The van der Waals surface area contributed by atoms with Crippen LogP contribution in [0.25, 0.3) is 10.8 Å². The Morgan fingerprint density at radius 2 is 1.93 bits per heavy atom. The number of amides is 1. The van der Waals surface area contributed by atoms with E-state index in [0.29, 0.717) is 33.0 Å². The van der Waals surface area contributed by atoms with E-state index < -0.39 is 0 Å². The molecule has 3 heterocycles. The van der Waals surface area contributed by atoms with Gasteiger partial charge in [0.15, 0.2) is 16.0 Å². The maximum Gasteiger partial charge on any atom is 0.269 e. The van der Waals surface area contributed by atoms with Crippen LogP contribution in [0.2, 0.25) is 5.02 Å². The molecule has 0 atom stereocenters. The zero-order chi connectivity index (χ0) is 20.4. The van der Waals surface area contributed by atoms with Gasteiger partial charge in [0, 0.05) is 34.9 Å². The van der Waals surface area contributed by atoms with Gasteiger partial charge in [-0.15, -0.1) is 22.7 Å². The van der Waals surface area contributed by atoms with Gasteiger partial charge in [-0.25, -0.2) is 19.9 Å². The summed E-state index contributed by atoms with van der Waals surface area (Å²) in [6, 6.07) is 7.75. The Bertz CT molecular complexity index is 1170. The van der Waals surface area contributed by atoms with E-state index in [2.05, 4.69) is 25.3 Å². The molecular weight excluding hydrogens is 426 g/mol. The van der Waals surface area contributed by atoms with Gasteiger partial charge < -0.3 is 0 Å². The third-order valence-electron chi connectivity index (χ3n) is 4.15. The Morgan fingerprint density at radius 3 is 2.69 bits per heavy atom. The van der Waals surface area contributed by atoms with Crippen molar-refractivity contribution in [3.05, 3.63) is 74.5 Å². The number of nitrogens with zero attached hydrogens (tertiary/aromatic N) is 4. The first-order chi connectivity index (χ1) is 14.0. The molecule has 1 amide bonds. The maximum absolute atomic E-state index is 12.7. The average molecular weight is 442 g/mol. The van der Waals surface area contributed by atoms with Gasteiger partial charge in [-0.05, 0) is 37.1 Å². The molecule has 1 aromatic carbocycles. The lowest BCUT2D eigenvalue weighted by molar-refractivity contribution is 0.103. The molecule has 9 heteroatoms. The van der Waals surface area contributed by atoms with E-state index in [9.17, 15) is 4.79 Å². The van der Waals surface area contributed by atoms with E-state index in [4.69, 9.17) is 11.6 Å². The van der Waals surface area contributed by atoms with Gasteiger partial charge in [-0.3, -0.25) is 10.1 Å². The van der Waals surface area contributed by atoms with Gasteiger partial charge in [0.25, 0.3) is 5.91 Å². The number of aromatic nitrogens is 4. The van der Waals surface area contributed by atoms with Crippen molar-refractivity contribution in [2.75, 3.05) is 5.32 Å². The minimum absolute atomic E-state index is 0.235. The van der Waals surface area contributed by atoms with Crippen molar-refractivity contribution in [1.29, 1.82) is 0 Å². The molecule has 0 unspecified atom stereocenters. The fourth-order valence-corrected chi connectivity index (χ4v) is 4.62. The van der Waals surface area contributed by atoms with Crippen molar-refractivity contribution in [1.82, 2.24) is 19.9 Å². The van der Waals surface area contributed by atoms with Crippen LogP contribution < -0.4 is 5.32 Å². The molecular formula is C20H16ClN5OS2. The van der Waals surface area contributed by atoms with Crippen molar-refractivity contribution in [3.8, 4) is 10.8 Å². The lowest BCUT2D eigenvalue weighted by atomic mass is 10.1. The average Bonchev–Trinajstić information content (AvgIpc) is 3.32. The van der Waals surface area contributed by atoms with Crippen molar-refractivity contribution in [2.24, 2.45) is 0 Å².